The highest BCUT2D eigenvalue weighted by molar-refractivity contribution is 5.92. The molecule has 3 nitrogen and oxygen atoms in total. The Balaban J connectivity index is 1.75. The summed E-state index contributed by atoms with van der Waals surface area (Å²) in [5.41, 5.74) is 3.69. The molecule has 4 rings (SSSR count). The number of hydrogen-bond donors (Lipinski definition) is 0. The molecule has 0 amide bonds. The number of allylic oxidation sites excluding steroid dienone is 1. The Morgan fingerprint density at radius 1 is 1.00 bits per heavy atom. The van der Waals surface area contributed by atoms with Crippen LogP contribution in [0.5, 0.6) is 0 Å². The third kappa shape index (κ3) is 4.25. The molecule has 29 heavy (non-hydrogen) atoms. The fraction of sp³-hybridized carbons (Fsp3) is 0.385. The number of hydrogen-bond acceptors (Lipinski definition) is 3. The summed E-state index contributed by atoms with van der Waals surface area (Å²) in [6, 6.07) is 20.8. The van der Waals surface area contributed by atoms with E-state index in [2.05, 4.69) is 48.3 Å². The maximum absolute atomic E-state index is 12.8. The van der Waals surface area contributed by atoms with Gasteiger partial charge in [-0.25, -0.2) is 0 Å². The van der Waals surface area contributed by atoms with Crippen molar-refractivity contribution in [2.24, 2.45) is 11.8 Å². The van der Waals surface area contributed by atoms with Crippen molar-refractivity contribution < 1.29 is 9.59 Å². The van der Waals surface area contributed by atoms with Crippen molar-refractivity contribution in [2.75, 3.05) is 20.1 Å². The van der Waals surface area contributed by atoms with Gasteiger partial charge in [-0.3, -0.25) is 4.79 Å². The standard InChI is InChI=1S/C26H29NO2/c1-18(28)13-22(19-9-5-3-6-10-19)25-16-27(2)17-26-23(14-21(29)15-24(25)26)20-11-7-4-8-12-20/h3-12,15,22-23,25-26H,13-14,16-17H2,1-2H3. The van der Waals surface area contributed by atoms with Crippen molar-refractivity contribution >= 4 is 11.6 Å². The van der Waals surface area contributed by atoms with E-state index in [1.54, 1.807) is 6.92 Å². The molecule has 1 heterocycles. The van der Waals surface area contributed by atoms with Crippen molar-refractivity contribution in [1.29, 1.82) is 0 Å². The minimum Gasteiger partial charge on any atom is -0.305 e. The first-order valence-corrected chi connectivity index (χ1v) is 10.5. The number of nitrogens with zero attached hydrogens (tertiary/aromatic N) is 1. The van der Waals surface area contributed by atoms with Gasteiger partial charge in [-0.15, -0.1) is 0 Å². The number of Topliss-reactive ketones (excluding diaryl/α,β-unsaturated/α-hetero) is 1. The molecule has 0 spiro atoms. The number of carbonyl (C=O) groups excluding carboxylic acids is 2. The summed E-state index contributed by atoms with van der Waals surface area (Å²) >= 11 is 0. The lowest BCUT2D eigenvalue weighted by molar-refractivity contribution is -0.117. The van der Waals surface area contributed by atoms with Crippen LogP contribution < -0.4 is 0 Å². The number of ketones is 2. The van der Waals surface area contributed by atoms with Gasteiger partial charge in [0.2, 0.25) is 0 Å². The zero-order valence-electron chi connectivity index (χ0n) is 17.3. The largest absolute Gasteiger partial charge is 0.305 e. The highest BCUT2D eigenvalue weighted by Crippen LogP contribution is 2.47. The first-order valence-electron chi connectivity index (χ1n) is 10.5. The second-order valence-corrected chi connectivity index (χ2v) is 8.69. The minimum absolute atomic E-state index is 0.104. The molecule has 4 atom stereocenters. The minimum atomic E-state index is 0.104. The molecule has 3 heteroatoms. The molecule has 150 valence electrons. The molecule has 2 aromatic carbocycles. The van der Waals surface area contributed by atoms with Gasteiger partial charge in [-0.05, 0) is 43.0 Å². The molecule has 1 saturated heterocycles. The van der Waals surface area contributed by atoms with E-state index < -0.39 is 0 Å². The second-order valence-electron chi connectivity index (χ2n) is 8.69. The number of benzene rings is 2. The molecule has 0 N–H and O–H groups in total. The van der Waals surface area contributed by atoms with E-state index in [-0.39, 0.29) is 29.3 Å². The predicted molar refractivity (Wildman–Crippen MR) is 116 cm³/mol. The van der Waals surface area contributed by atoms with E-state index in [0.717, 1.165) is 13.1 Å². The van der Waals surface area contributed by atoms with Gasteiger partial charge in [0.05, 0.1) is 0 Å². The number of carbonyl (C=O) groups is 2. The summed E-state index contributed by atoms with van der Waals surface area (Å²) in [6.45, 7) is 3.51. The second kappa shape index (κ2) is 8.46. The molecule has 1 fully saturated rings. The Labute approximate surface area is 173 Å². The number of likely N-dealkylation sites (tertiary alicyclic amines) is 1. The zero-order valence-corrected chi connectivity index (χ0v) is 17.3. The molecule has 0 saturated carbocycles. The molecular weight excluding hydrogens is 358 g/mol. The van der Waals surface area contributed by atoms with Crippen LogP contribution in [0.3, 0.4) is 0 Å². The number of rotatable bonds is 5. The van der Waals surface area contributed by atoms with Gasteiger partial charge in [0.15, 0.2) is 5.78 Å². The van der Waals surface area contributed by atoms with E-state index in [0.29, 0.717) is 18.8 Å². The fourth-order valence-corrected chi connectivity index (χ4v) is 5.32. The van der Waals surface area contributed by atoms with Gasteiger partial charge < -0.3 is 9.69 Å². The van der Waals surface area contributed by atoms with Crippen LogP contribution in [0.15, 0.2) is 72.3 Å². The maximum atomic E-state index is 12.8. The van der Waals surface area contributed by atoms with Gasteiger partial charge >= 0.3 is 0 Å². The quantitative estimate of drug-likeness (QED) is 0.752. The highest BCUT2D eigenvalue weighted by Gasteiger charge is 2.42. The Morgan fingerprint density at radius 3 is 2.31 bits per heavy atom. The maximum Gasteiger partial charge on any atom is 0.156 e. The van der Waals surface area contributed by atoms with Crippen LogP contribution in [0.4, 0.5) is 0 Å². The first-order chi connectivity index (χ1) is 14.0. The topological polar surface area (TPSA) is 37.4 Å². The number of piperidine rings is 1. The summed E-state index contributed by atoms with van der Waals surface area (Å²) in [7, 11) is 2.16. The molecule has 0 radical (unpaired) electrons. The van der Waals surface area contributed by atoms with E-state index in [9.17, 15) is 9.59 Å². The average molecular weight is 388 g/mol. The smallest absolute Gasteiger partial charge is 0.156 e. The summed E-state index contributed by atoms with van der Waals surface area (Å²) in [5.74, 6) is 1.23. The monoisotopic (exact) mass is 387 g/mol. The third-order valence-corrected chi connectivity index (χ3v) is 6.56. The van der Waals surface area contributed by atoms with Gasteiger partial charge in [-0.2, -0.15) is 0 Å². The van der Waals surface area contributed by atoms with Gasteiger partial charge in [-0.1, -0.05) is 66.2 Å². The number of fused-ring (bicyclic) bond motifs is 1. The molecule has 0 bridgehead atoms. The lowest BCUT2D eigenvalue weighted by Crippen LogP contribution is -2.46. The van der Waals surface area contributed by atoms with E-state index >= 15 is 0 Å². The molecule has 2 aliphatic rings. The van der Waals surface area contributed by atoms with Gasteiger partial charge in [0.1, 0.15) is 5.78 Å². The summed E-state index contributed by atoms with van der Waals surface area (Å²) in [5, 5.41) is 0. The molecule has 4 unspecified atom stereocenters. The Kier molecular flexibility index (Phi) is 5.77. The fourth-order valence-electron chi connectivity index (χ4n) is 5.32. The molecule has 0 aromatic heterocycles. The Bertz CT molecular complexity index is 903. The summed E-state index contributed by atoms with van der Waals surface area (Å²) < 4.78 is 0. The molecule has 1 aliphatic carbocycles. The van der Waals surface area contributed by atoms with Crippen LogP contribution in [0, 0.1) is 11.8 Å². The van der Waals surface area contributed by atoms with E-state index in [1.165, 1.54) is 16.7 Å². The predicted octanol–water partition coefficient (Wildman–Crippen LogP) is 4.61. The Hall–Kier alpha value is -2.52. The van der Waals surface area contributed by atoms with Crippen molar-refractivity contribution in [3.8, 4) is 0 Å². The first kappa shape index (κ1) is 19.8. The van der Waals surface area contributed by atoms with Crippen molar-refractivity contribution in [3.63, 3.8) is 0 Å². The van der Waals surface area contributed by atoms with Crippen molar-refractivity contribution in [1.82, 2.24) is 4.90 Å². The summed E-state index contributed by atoms with van der Waals surface area (Å²) in [6.07, 6.45) is 3.00. The van der Waals surface area contributed by atoms with Crippen LogP contribution in [0.2, 0.25) is 0 Å². The highest BCUT2D eigenvalue weighted by atomic mass is 16.1. The van der Waals surface area contributed by atoms with Gasteiger partial charge in [0, 0.05) is 37.8 Å². The van der Waals surface area contributed by atoms with Crippen LogP contribution in [-0.2, 0) is 9.59 Å². The Morgan fingerprint density at radius 2 is 1.66 bits per heavy atom. The SMILES string of the molecule is CC(=O)CC(c1ccccc1)C1CN(C)CC2C1=CC(=O)CC2c1ccccc1. The van der Waals surface area contributed by atoms with E-state index in [1.807, 2.05) is 30.3 Å². The van der Waals surface area contributed by atoms with Crippen molar-refractivity contribution in [3.05, 3.63) is 83.4 Å². The van der Waals surface area contributed by atoms with Crippen LogP contribution in [-0.4, -0.2) is 36.6 Å². The van der Waals surface area contributed by atoms with Crippen LogP contribution >= 0.6 is 0 Å². The molecular formula is C26H29NO2. The summed E-state index contributed by atoms with van der Waals surface area (Å²) in [4.78, 5) is 27.3. The average Bonchev–Trinajstić information content (AvgIpc) is 2.72. The molecule has 1 aliphatic heterocycles. The molecule has 2 aromatic rings. The lowest BCUT2D eigenvalue weighted by atomic mass is 9.64. The zero-order chi connectivity index (χ0) is 20.4. The van der Waals surface area contributed by atoms with E-state index in [4.69, 9.17) is 0 Å². The third-order valence-electron chi connectivity index (χ3n) is 6.56. The lowest BCUT2D eigenvalue weighted by Gasteiger charge is -2.46. The van der Waals surface area contributed by atoms with Crippen molar-refractivity contribution in [2.45, 2.75) is 31.6 Å². The van der Waals surface area contributed by atoms with Crippen LogP contribution in [0.25, 0.3) is 0 Å². The van der Waals surface area contributed by atoms with Gasteiger partial charge in [0.25, 0.3) is 0 Å². The normalized spacial score (nSPS) is 25.8. The van der Waals surface area contributed by atoms with Crippen LogP contribution in [0.1, 0.15) is 42.7 Å².